The molecule has 4 nitrogen and oxygen atoms in total. The van der Waals surface area contributed by atoms with Gasteiger partial charge >= 0.3 is 0 Å². The molecule has 3 aromatic rings. The molecule has 0 atom stereocenters. The predicted octanol–water partition coefficient (Wildman–Crippen LogP) is 6.78. The van der Waals surface area contributed by atoms with Crippen molar-refractivity contribution in [3.05, 3.63) is 75.8 Å². The average Bonchev–Trinajstić information content (AvgIpc) is 3.37. The van der Waals surface area contributed by atoms with Gasteiger partial charge in [0.2, 0.25) is 0 Å². The fourth-order valence-electron chi connectivity index (χ4n) is 3.81. The predicted molar refractivity (Wildman–Crippen MR) is 130 cm³/mol. The smallest absolute Gasteiger partial charge is 0.259 e. The maximum Gasteiger partial charge on any atom is 0.259 e. The normalized spacial score (nSPS) is 14.5. The van der Waals surface area contributed by atoms with Crippen LogP contribution in [-0.4, -0.2) is 24.8 Å². The number of halogens is 2. The SMILES string of the molecule is COc1c(Cl)cc(C(=O)N2CSc3cc(CN4CSc5ccccc54)ccc32)cc1Cl. The van der Waals surface area contributed by atoms with E-state index in [0.717, 1.165) is 23.0 Å². The molecule has 2 heterocycles. The molecule has 0 saturated carbocycles. The second kappa shape index (κ2) is 8.51. The number of carbonyl (C=O) groups excluding carboxylic acids is 1. The van der Waals surface area contributed by atoms with Crippen molar-refractivity contribution < 1.29 is 9.53 Å². The summed E-state index contributed by atoms with van der Waals surface area (Å²) in [5, 5.41) is 0.647. The molecule has 0 bridgehead atoms. The van der Waals surface area contributed by atoms with Crippen LogP contribution >= 0.6 is 46.7 Å². The van der Waals surface area contributed by atoms with Crippen molar-refractivity contribution >= 4 is 64.0 Å². The maximum atomic E-state index is 13.2. The monoisotopic (exact) mass is 488 g/mol. The van der Waals surface area contributed by atoms with Crippen LogP contribution in [0.2, 0.25) is 10.0 Å². The Morgan fingerprint density at radius 3 is 2.48 bits per heavy atom. The number of hydrogen-bond donors (Lipinski definition) is 0. The minimum absolute atomic E-state index is 0.129. The van der Waals surface area contributed by atoms with Gasteiger partial charge < -0.3 is 9.64 Å². The van der Waals surface area contributed by atoms with Crippen LogP contribution in [-0.2, 0) is 6.54 Å². The number of carbonyl (C=O) groups is 1. The van der Waals surface area contributed by atoms with Gasteiger partial charge in [0.1, 0.15) is 0 Å². The highest BCUT2D eigenvalue weighted by Gasteiger charge is 2.28. The standard InChI is InChI=1S/C23H18Cl2N2O2S2/c1-29-22-16(24)9-15(10-17(22)25)23(28)27-13-31-21-8-14(6-7-19(21)27)11-26-12-30-20-5-3-2-4-18(20)26/h2-10H,11-13H2,1H3. The van der Waals surface area contributed by atoms with Crippen LogP contribution in [0.25, 0.3) is 0 Å². The summed E-state index contributed by atoms with van der Waals surface area (Å²) in [7, 11) is 1.50. The molecular weight excluding hydrogens is 471 g/mol. The molecule has 0 aliphatic carbocycles. The Kier molecular flexibility index (Phi) is 5.73. The van der Waals surface area contributed by atoms with Crippen LogP contribution in [0, 0.1) is 0 Å². The highest BCUT2D eigenvalue weighted by atomic mass is 35.5. The third-order valence-corrected chi connectivity index (χ3v) is 8.00. The molecule has 158 valence electrons. The zero-order valence-electron chi connectivity index (χ0n) is 16.6. The van der Waals surface area contributed by atoms with E-state index in [0.29, 0.717) is 27.2 Å². The van der Waals surface area contributed by atoms with E-state index in [9.17, 15) is 4.79 Å². The summed E-state index contributed by atoms with van der Waals surface area (Å²) >= 11 is 16.0. The fourth-order valence-corrected chi connectivity index (χ4v) is 6.58. The Morgan fingerprint density at radius 1 is 0.968 bits per heavy atom. The third kappa shape index (κ3) is 3.87. The Hall–Kier alpha value is -1.99. The van der Waals surface area contributed by atoms with E-state index >= 15 is 0 Å². The first-order valence-corrected chi connectivity index (χ1v) is 12.4. The molecular formula is C23H18Cl2N2O2S2. The molecule has 0 radical (unpaired) electrons. The minimum atomic E-state index is -0.129. The molecule has 31 heavy (non-hydrogen) atoms. The van der Waals surface area contributed by atoms with Gasteiger partial charge in [-0.1, -0.05) is 41.4 Å². The number of thioether (sulfide) groups is 2. The lowest BCUT2D eigenvalue weighted by atomic mass is 10.1. The summed E-state index contributed by atoms with van der Waals surface area (Å²) in [6.07, 6.45) is 0. The molecule has 0 spiro atoms. The largest absolute Gasteiger partial charge is 0.494 e. The molecule has 0 unspecified atom stereocenters. The molecule has 8 heteroatoms. The number of fused-ring (bicyclic) bond motifs is 2. The third-order valence-electron chi connectivity index (χ3n) is 5.31. The summed E-state index contributed by atoms with van der Waals surface area (Å²) in [6.45, 7) is 0.843. The summed E-state index contributed by atoms with van der Waals surface area (Å²) in [4.78, 5) is 19.7. The van der Waals surface area contributed by atoms with Crippen molar-refractivity contribution in [2.75, 3.05) is 28.7 Å². The van der Waals surface area contributed by atoms with Crippen molar-refractivity contribution in [2.24, 2.45) is 0 Å². The highest BCUT2D eigenvalue weighted by molar-refractivity contribution is 8.00. The van der Waals surface area contributed by atoms with Crippen molar-refractivity contribution in [2.45, 2.75) is 16.3 Å². The maximum absolute atomic E-state index is 13.2. The first-order chi connectivity index (χ1) is 15.0. The van der Waals surface area contributed by atoms with E-state index in [1.165, 1.54) is 23.3 Å². The number of nitrogens with zero attached hydrogens (tertiary/aromatic N) is 2. The number of anilines is 2. The second-order valence-electron chi connectivity index (χ2n) is 7.22. The Bertz CT molecular complexity index is 1160. The van der Waals surface area contributed by atoms with Gasteiger partial charge in [-0.15, -0.1) is 23.5 Å². The van der Waals surface area contributed by atoms with Crippen LogP contribution in [0.15, 0.2) is 64.4 Å². The van der Waals surface area contributed by atoms with Crippen LogP contribution in [0.4, 0.5) is 11.4 Å². The van der Waals surface area contributed by atoms with E-state index in [1.807, 2.05) is 17.8 Å². The van der Waals surface area contributed by atoms with Crippen molar-refractivity contribution in [1.82, 2.24) is 0 Å². The molecule has 0 fully saturated rings. The van der Waals surface area contributed by atoms with Gasteiger partial charge in [0.05, 0.1) is 40.3 Å². The van der Waals surface area contributed by atoms with Gasteiger partial charge in [0, 0.05) is 21.9 Å². The number of para-hydroxylation sites is 1. The summed E-state index contributed by atoms with van der Waals surface area (Å²) in [5.74, 6) is 1.76. The number of ether oxygens (including phenoxy) is 1. The molecule has 3 aromatic carbocycles. The quantitative estimate of drug-likeness (QED) is 0.403. The molecule has 2 aliphatic heterocycles. The van der Waals surface area contributed by atoms with E-state index in [4.69, 9.17) is 27.9 Å². The van der Waals surface area contributed by atoms with E-state index in [-0.39, 0.29) is 5.91 Å². The van der Waals surface area contributed by atoms with E-state index < -0.39 is 0 Å². The number of amides is 1. The lowest BCUT2D eigenvalue weighted by Gasteiger charge is -2.20. The van der Waals surface area contributed by atoms with Gasteiger partial charge in [-0.25, -0.2) is 0 Å². The average molecular weight is 489 g/mol. The Labute approximate surface area is 199 Å². The first-order valence-electron chi connectivity index (χ1n) is 9.62. The van der Waals surface area contributed by atoms with E-state index in [1.54, 1.807) is 28.8 Å². The number of methoxy groups -OCH3 is 1. The van der Waals surface area contributed by atoms with Gasteiger partial charge in [0.15, 0.2) is 5.75 Å². The molecule has 1 amide bonds. The molecule has 0 N–H and O–H groups in total. The minimum Gasteiger partial charge on any atom is -0.494 e. The number of rotatable bonds is 4. The Balaban J connectivity index is 1.37. The molecule has 0 saturated heterocycles. The topological polar surface area (TPSA) is 32.8 Å². The van der Waals surface area contributed by atoms with Gasteiger partial charge in [-0.3, -0.25) is 9.69 Å². The summed E-state index contributed by atoms with van der Waals surface area (Å²) in [6, 6.07) is 18.0. The lowest BCUT2D eigenvalue weighted by molar-refractivity contribution is 0.0992. The van der Waals surface area contributed by atoms with Crippen LogP contribution in [0.1, 0.15) is 15.9 Å². The highest BCUT2D eigenvalue weighted by Crippen LogP contribution is 2.43. The van der Waals surface area contributed by atoms with Gasteiger partial charge in [-0.2, -0.15) is 0 Å². The number of benzene rings is 3. The van der Waals surface area contributed by atoms with Crippen molar-refractivity contribution in [3.63, 3.8) is 0 Å². The summed E-state index contributed by atoms with van der Waals surface area (Å²) < 4.78 is 5.18. The van der Waals surface area contributed by atoms with Crippen LogP contribution in [0.5, 0.6) is 5.75 Å². The molecule has 5 rings (SSSR count). The van der Waals surface area contributed by atoms with Gasteiger partial charge in [-0.05, 0) is 42.0 Å². The number of hydrogen-bond acceptors (Lipinski definition) is 5. The fraction of sp³-hybridized carbons (Fsp3) is 0.174. The molecule has 2 aliphatic rings. The van der Waals surface area contributed by atoms with Gasteiger partial charge in [0.25, 0.3) is 5.91 Å². The lowest BCUT2D eigenvalue weighted by Crippen LogP contribution is -2.28. The molecule has 0 aromatic heterocycles. The van der Waals surface area contributed by atoms with E-state index in [2.05, 4.69) is 41.3 Å². The van der Waals surface area contributed by atoms with Crippen LogP contribution in [0.3, 0.4) is 0 Å². The first kappa shape index (κ1) is 20.9. The van der Waals surface area contributed by atoms with Crippen molar-refractivity contribution in [1.29, 1.82) is 0 Å². The van der Waals surface area contributed by atoms with Crippen molar-refractivity contribution in [3.8, 4) is 5.75 Å². The Morgan fingerprint density at radius 2 is 1.71 bits per heavy atom. The zero-order valence-corrected chi connectivity index (χ0v) is 19.7. The van der Waals surface area contributed by atoms with Crippen LogP contribution < -0.4 is 14.5 Å². The second-order valence-corrected chi connectivity index (χ2v) is 10.0. The summed E-state index contributed by atoms with van der Waals surface area (Å²) in [5.41, 5.74) is 3.87. The zero-order chi connectivity index (χ0) is 21.5.